The van der Waals surface area contributed by atoms with Gasteiger partial charge in [0, 0.05) is 30.1 Å². The van der Waals surface area contributed by atoms with Gasteiger partial charge >= 0.3 is 0 Å². The number of rotatable bonds is 4. The first-order valence-corrected chi connectivity index (χ1v) is 11.4. The van der Waals surface area contributed by atoms with E-state index in [0.29, 0.717) is 18.6 Å². The minimum absolute atomic E-state index is 0.0969. The summed E-state index contributed by atoms with van der Waals surface area (Å²) in [4.78, 5) is 22.7. The Bertz CT molecular complexity index is 1580. The molecule has 2 aromatic carbocycles. The molecule has 0 spiro atoms. The smallest absolute Gasteiger partial charge is 0.291 e. The van der Waals surface area contributed by atoms with Crippen molar-refractivity contribution in [3.63, 3.8) is 0 Å². The molecule has 1 atom stereocenters. The van der Waals surface area contributed by atoms with E-state index in [4.69, 9.17) is 4.98 Å². The van der Waals surface area contributed by atoms with Gasteiger partial charge in [0.1, 0.15) is 10.5 Å². The molecule has 0 saturated heterocycles. The van der Waals surface area contributed by atoms with Crippen molar-refractivity contribution in [2.45, 2.75) is 25.9 Å². The molecule has 7 heteroatoms. The predicted octanol–water partition coefficient (Wildman–Crippen LogP) is 4.48. The molecule has 32 heavy (non-hydrogen) atoms. The largest absolute Gasteiger partial charge is 0.323 e. The number of nitrogens with zero attached hydrogens (tertiary/aromatic N) is 5. The number of benzene rings is 2. The summed E-state index contributed by atoms with van der Waals surface area (Å²) in [5, 5.41) is 6.44. The highest BCUT2D eigenvalue weighted by molar-refractivity contribution is 7.19. The van der Waals surface area contributed by atoms with E-state index >= 15 is 0 Å². The first-order valence-electron chi connectivity index (χ1n) is 10.6. The van der Waals surface area contributed by atoms with Crippen LogP contribution in [0, 0.1) is 0 Å². The second-order valence-electron chi connectivity index (χ2n) is 8.23. The number of fused-ring (bicyclic) bond motifs is 4. The van der Waals surface area contributed by atoms with Crippen molar-refractivity contribution >= 4 is 38.8 Å². The van der Waals surface area contributed by atoms with E-state index in [9.17, 15) is 4.79 Å². The number of aliphatic imine (C=N–C) groups is 1. The topological polar surface area (TPSA) is 65.1 Å². The van der Waals surface area contributed by atoms with Crippen molar-refractivity contribution in [1.82, 2.24) is 19.3 Å². The van der Waals surface area contributed by atoms with Crippen LogP contribution in [-0.2, 0) is 20.1 Å². The van der Waals surface area contributed by atoms with Crippen molar-refractivity contribution in [2.75, 3.05) is 0 Å². The quantitative estimate of drug-likeness (QED) is 0.415. The molecule has 4 heterocycles. The summed E-state index contributed by atoms with van der Waals surface area (Å²) in [7, 11) is 1.92. The van der Waals surface area contributed by atoms with Crippen LogP contribution < -0.4 is 5.56 Å². The van der Waals surface area contributed by atoms with Crippen molar-refractivity contribution in [1.29, 1.82) is 0 Å². The lowest BCUT2D eigenvalue weighted by atomic mass is 10.0. The van der Waals surface area contributed by atoms with Gasteiger partial charge in [0.25, 0.3) is 5.56 Å². The van der Waals surface area contributed by atoms with Crippen molar-refractivity contribution in [2.24, 2.45) is 12.0 Å². The number of aryl methyl sites for hydroxylation is 1. The Morgan fingerprint density at radius 3 is 2.81 bits per heavy atom. The van der Waals surface area contributed by atoms with E-state index in [1.165, 1.54) is 11.1 Å². The average molecular weight is 440 g/mol. The molecule has 158 valence electrons. The fourth-order valence-electron chi connectivity index (χ4n) is 4.49. The van der Waals surface area contributed by atoms with Crippen LogP contribution >= 0.6 is 11.3 Å². The first kappa shape index (κ1) is 19.1. The molecule has 5 aromatic rings. The molecular formula is C25H21N5OS. The van der Waals surface area contributed by atoms with Gasteiger partial charge < -0.3 is 4.57 Å². The molecule has 0 N–H and O–H groups in total. The molecule has 0 aliphatic carbocycles. The van der Waals surface area contributed by atoms with E-state index in [0.717, 1.165) is 31.9 Å². The zero-order valence-electron chi connectivity index (χ0n) is 17.8. The number of thiazole rings is 1. The Balaban J connectivity index is 1.44. The summed E-state index contributed by atoms with van der Waals surface area (Å²) in [6.45, 7) is 3.29. The lowest BCUT2D eigenvalue weighted by molar-refractivity contribution is 0.643. The van der Waals surface area contributed by atoms with Crippen LogP contribution in [0.2, 0.25) is 0 Å². The standard InChI is InChI=1S/C25H21N5OS/c1-15(16-7-4-3-5-8-16)24-28-23-22(32-24)20-13-27-30(25(31)21(20)29(23)2)14-18-10-6-9-17-11-26-12-19(17)18/h3-10,12-13,15H,11,14H2,1-2H3. The van der Waals surface area contributed by atoms with Crippen LogP contribution in [0.1, 0.15) is 40.1 Å². The van der Waals surface area contributed by atoms with Crippen LogP contribution in [0.4, 0.5) is 0 Å². The van der Waals surface area contributed by atoms with Gasteiger partial charge in [-0.1, -0.05) is 55.5 Å². The SMILES string of the molecule is CC(c1ccccc1)c1nc2c(s1)c1cnn(Cc3cccc4c3C=NC4)c(=O)c1n2C. The van der Waals surface area contributed by atoms with E-state index in [1.54, 1.807) is 16.0 Å². The summed E-state index contributed by atoms with van der Waals surface area (Å²) < 4.78 is 4.48. The van der Waals surface area contributed by atoms with Gasteiger partial charge in [0.2, 0.25) is 0 Å². The molecule has 0 radical (unpaired) electrons. The lowest BCUT2D eigenvalue weighted by Gasteiger charge is -2.09. The van der Waals surface area contributed by atoms with Gasteiger partial charge in [-0.05, 0) is 16.7 Å². The molecule has 0 bridgehead atoms. The number of hydrogen-bond donors (Lipinski definition) is 0. The third-order valence-electron chi connectivity index (χ3n) is 6.30. The highest BCUT2D eigenvalue weighted by atomic mass is 32.1. The van der Waals surface area contributed by atoms with E-state index in [-0.39, 0.29) is 11.5 Å². The summed E-state index contributed by atoms with van der Waals surface area (Å²) >= 11 is 1.65. The molecular weight excluding hydrogens is 418 g/mol. The lowest BCUT2D eigenvalue weighted by Crippen LogP contribution is -2.25. The van der Waals surface area contributed by atoms with E-state index in [2.05, 4.69) is 47.3 Å². The molecule has 1 aliphatic heterocycles. The Hall–Kier alpha value is -3.58. The molecule has 6 nitrogen and oxygen atoms in total. The normalized spacial score (nSPS) is 13.8. The van der Waals surface area contributed by atoms with Crippen LogP contribution in [0.5, 0.6) is 0 Å². The Labute approximate surface area is 188 Å². The van der Waals surface area contributed by atoms with E-state index in [1.807, 2.05) is 42.2 Å². The van der Waals surface area contributed by atoms with Crippen molar-refractivity contribution < 1.29 is 0 Å². The summed E-state index contributed by atoms with van der Waals surface area (Å²) in [6, 6.07) is 16.5. The van der Waals surface area contributed by atoms with Gasteiger partial charge in [-0.25, -0.2) is 9.67 Å². The number of hydrogen-bond acceptors (Lipinski definition) is 5. The highest BCUT2D eigenvalue weighted by Crippen LogP contribution is 2.36. The minimum Gasteiger partial charge on any atom is -0.323 e. The van der Waals surface area contributed by atoms with Crippen LogP contribution in [-0.4, -0.2) is 25.5 Å². The maximum absolute atomic E-state index is 13.4. The highest BCUT2D eigenvalue weighted by Gasteiger charge is 2.21. The zero-order valence-corrected chi connectivity index (χ0v) is 18.6. The maximum Gasteiger partial charge on any atom is 0.291 e. The summed E-state index contributed by atoms with van der Waals surface area (Å²) in [6.07, 6.45) is 3.71. The molecule has 0 amide bonds. The molecule has 0 saturated carbocycles. The average Bonchev–Trinajstić information content (AvgIpc) is 3.53. The van der Waals surface area contributed by atoms with Crippen LogP contribution in [0.15, 0.2) is 64.5 Å². The monoisotopic (exact) mass is 439 g/mol. The molecule has 1 unspecified atom stereocenters. The first-order chi connectivity index (χ1) is 15.6. The maximum atomic E-state index is 13.4. The third kappa shape index (κ3) is 2.85. The Morgan fingerprint density at radius 1 is 1.12 bits per heavy atom. The Kier molecular flexibility index (Phi) is 4.33. The number of aromatic nitrogens is 4. The Morgan fingerprint density at radius 2 is 1.97 bits per heavy atom. The molecule has 1 aliphatic rings. The van der Waals surface area contributed by atoms with Crippen LogP contribution in [0.25, 0.3) is 21.3 Å². The van der Waals surface area contributed by atoms with Crippen LogP contribution in [0.3, 0.4) is 0 Å². The fraction of sp³-hybridized carbons (Fsp3) is 0.200. The fourth-order valence-corrected chi connectivity index (χ4v) is 5.68. The third-order valence-corrected chi connectivity index (χ3v) is 7.56. The second kappa shape index (κ2) is 7.24. The van der Waals surface area contributed by atoms with Crippen molar-refractivity contribution in [3.8, 4) is 0 Å². The van der Waals surface area contributed by atoms with Gasteiger partial charge in [0.05, 0.1) is 24.0 Å². The predicted molar refractivity (Wildman–Crippen MR) is 129 cm³/mol. The minimum atomic E-state index is -0.0969. The molecule has 6 rings (SSSR count). The summed E-state index contributed by atoms with van der Waals surface area (Å²) in [5.74, 6) is 0.193. The second-order valence-corrected chi connectivity index (χ2v) is 9.26. The van der Waals surface area contributed by atoms with Gasteiger partial charge in [-0.15, -0.1) is 11.3 Å². The van der Waals surface area contributed by atoms with Crippen molar-refractivity contribution in [3.05, 3.63) is 92.3 Å². The van der Waals surface area contributed by atoms with E-state index < -0.39 is 0 Å². The summed E-state index contributed by atoms with van der Waals surface area (Å²) in [5.41, 5.74) is 5.98. The van der Waals surface area contributed by atoms with Gasteiger partial charge in [-0.3, -0.25) is 9.79 Å². The molecule has 3 aromatic heterocycles. The van der Waals surface area contributed by atoms with Gasteiger partial charge in [0.15, 0.2) is 5.65 Å². The molecule has 0 fully saturated rings. The zero-order chi connectivity index (χ0) is 21.8. The van der Waals surface area contributed by atoms with Gasteiger partial charge in [-0.2, -0.15) is 5.10 Å².